The summed E-state index contributed by atoms with van der Waals surface area (Å²) in [4.78, 5) is 18.9. The Morgan fingerprint density at radius 2 is 2.00 bits per heavy atom. The Labute approximate surface area is 150 Å². The van der Waals surface area contributed by atoms with Crippen LogP contribution in [0.5, 0.6) is 0 Å². The van der Waals surface area contributed by atoms with E-state index in [4.69, 9.17) is 0 Å². The molecule has 1 N–H and O–H groups in total. The van der Waals surface area contributed by atoms with Gasteiger partial charge in [0.05, 0.1) is 18.1 Å². The van der Waals surface area contributed by atoms with Gasteiger partial charge < -0.3 is 4.90 Å². The van der Waals surface area contributed by atoms with E-state index in [0.717, 1.165) is 22.4 Å². The van der Waals surface area contributed by atoms with Crippen molar-refractivity contribution in [2.75, 3.05) is 7.05 Å². The van der Waals surface area contributed by atoms with Gasteiger partial charge in [-0.25, -0.2) is 9.50 Å². The highest BCUT2D eigenvalue weighted by Crippen LogP contribution is 2.22. The highest BCUT2D eigenvalue weighted by Gasteiger charge is 2.20. The Hall–Kier alpha value is -3.48. The number of aromatic amines is 1. The number of benzene rings is 1. The third-order valence-corrected chi connectivity index (χ3v) is 4.25. The number of amides is 1. The van der Waals surface area contributed by atoms with Crippen LogP contribution in [0.15, 0.2) is 55.1 Å². The zero-order valence-electron chi connectivity index (χ0n) is 14.5. The van der Waals surface area contributed by atoms with Gasteiger partial charge in [-0.15, -0.1) is 0 Å². The summed E-state index contributed by atoms with van der Waals surface area (Å²) in [5, 5.41) is 11.4. The van der Waals surface area contributed by atoms with Crippen LogP contribution in [0.25, 0.3) is 16.9 Å². The Kier molecular flexibility index (Phi) is 3.96. The molecule has 0 aliphatic carbocycles. The SMILES string of the molecule is Cc1cnc2c(C(=O)N(C)Cc3cn[nH]c3-c3ccccc3)cnn2c1. The summed E-state index contributed by atoms with van der Waals surface area (Å²) in [7, 11) is 1.77. The summed E-state index contributed by atoms with van der Waals surface area (Å²) in [5.41, 5.74) is 4.93. The number of nitrogens with zero attached hydrogens (tertiary/aromatic N) is 5. The second-order valence-electron chi connectivity index (χ2n) is 6.26. The number of fused-ring (bicyclic) bond motifs is 1. The molecule has 3 aromatic heterocycles. The molecule has 0 aliphatic rings. The Balaban J connectivity index is 1.60. The minimum Gasteiger partial charge on any atom is -0.337 e. The van der Waals surface area contributed by atoms with Crippen LogP contribution in [0, 0.1) is 6.92 Å². The summed E-state index contributed by atoms with van der Waals surface area (Å²) >= 11 is 0. The zero-order chi connectivity index (χ0) is 18.1. The van der Waals surface area contributed by atoms with Crippen molar-refractivity contribution < 1.29 is 4.79 Å². The lowest BCUT2D eigenvalue weighted by Crippen LogP contribution is -2.26. The maximum atomic E-state index is 12.9. The van der Waals surface area contributed by atoms with Gasteiger partial charge in [0.15, 0.2) is 5.65 Å². The fraction of sp³-hybridized carbons (Fsp3) is 0.158. The standard InChI is InChI=1S/C19H18N6O/c1-13-8-20-18-16(10-22-25(18)11-13)19(26)24(2)12-15-9-21-23-17(15)14-6-4-3-5-7-14/h3-11H,12H2,1-2H3,(H,21,23). The molecule has 1 aromatic carbocycles. The molecule has 7 heteroatoms. The van der Waals surface area contributed by atoms with Gasteiger partial charge in [-0.1, -0.05) is 30.3 Å². The second kappa shape index (κ2) is 6.44. The van der Waals surface area contributed by atoms with Gasteiger partial charge in [-0.2, -0.15) is 10.2 Å². The molecule has 130 valence electrons. The highest BCUT2D eigenvalue weighted by atomic mass is 16.2. The van der Waals surface area contributed by atoms with Crippen molar-refractivity contribution in [2.45, 2.75) is 13.5 Å². The average Bonchev–Trinajstić information content (AvgIpc) is 3.28. The molecule has 0 aliphatic heterocycles. The first-order valence-corrected chi connectivity index (χ1v) is 8.26. The van der Waals surface area contributed by atoms with Crippen molar-refractivity contribution in [3.8, 4) is 11.3 Å². The van der Waals surface area contributed by atoms with Crippen LogP contribution in [0.4, 0.5) is 0 Å². The maximum absolute atomic E-state index is 12.9. The van der Waals surface area contributed by atoms with Crippen LogP contribution < -0.4 is 0 Å². The van der Waals surface area contributed by atoms with Crippen LogP contribution in [-0.2, 0) is 6.54 Å². The van der Waals surface area contributed by atoms with Crippen molar-refractivity contribution in [1.82, 2.24) is 29.7 Å². The number of hydrogen-bond acceptors (Lipinski definition) is 4. The van der Waals surface area contributed by atoms with E-state index in [1.807, 2.05) is 43.5 Å². The molecule has 7 nitrogen and oxygen atoms in total. The third kappa shape index (κ3) is 2.83. The molecule has 0 bridgehead atoms. The van der Waals surface area contributed by atoms with Crippen molar-refractivity contribution in [2.24, 2.45) is 0 Å². The minimum absolute atomic E-state index is 0.128. The maximum Gasteiger partial charge on any atom is 0.259 e. The van der Waals surface area contributed by atoms with E-state index in [2.05, 4.69) is 20.3 Å². The Morgan fingerprint density at radius 3 is 2.81 bits per heavy atom. The lowest BCUT2D eigenvalue weighted by molar-refractivity contribution is 0.0787. The molecule has 1 amide bonds. The summed E-state index contributed by atoms with van der Waals surface area (Å²) in [6.45, 7) is 2.37. The van der Waals surface area contributed by atoms with E-state index in [1.54, 1.807) is 35.1 Å². The van der Waals surface area contributed by atoms with Crippen LogP contribution in [-0.4, -0.2) is 42.7 Å². The number of aromatic nitrogens is 5. The first-order chi connectivity index (χ1) is 12.6. The van der Waals surface area contributed by atoms with Crippen molar-refractivity contribution in [1.29, 1.82) is 0 Å². The average molecular weight is 346 g/mol. The van der Waals surface area contributed by atoms with Crippen LogP contribution in [0.1, 0.15) is 21.5 Å². The van der Waals surface area contributed by atoms with Crippen molar-refractivity contribution in [3.63, 3.8) is 0 Å². The van der Waals surface area contributed by atoms with Crippen molar-refractivity contribution in [3.05, 3.63) is 71.8 Å². The number of aryl methyl sites for hydroxylation is 1. The largest absolute Gasteiger partial charge is 0.337 e. The fourth-order valence-electron chi connectivity index (χ4n) is 2.94. The van der Waals surface area contributed by atoms with Crippen LogP contribution in [0.2, 0.25) is 0 Å². The molecule has 0 radical (unpaired) electrons. The molecule has 0 atom stereocenters. The zero-order valence-corrected chi connectivity index (χ0v) is 14.5. The van der Waals surface area contributed by atoms with Gasteiger partial charge in [-0.3, -0.25) is 9.89 Å². The molecule has 0 saturated carbocycles. The summed E-state index contributed by atoms with van der Waals surface area (Å²) in [5.74, 6) is -0.128. The van der Waals surface area contributed by atoms with Crippen molar-refractivity contribution >= 4 is 11.6 Å². The number of nitrogens with one attached hydrogen (secondary N) is 1. The molecular weight excluding hydrogens is 328 g/mol. The number of hydrogen-bond donors (Lipinski definition) is 1. The van der Waals surface area contributed by atoms with Gasteiger partial charge in [0.2, 0.25) is 0 Å². The summed E-state index contributed by atoms with van der Waals surface area (Å²) in [6.07, 6.45) is 6.90. The molecule has 4 rings (SSSR count). The quantitative estimate of drug-likeness (QED) is 0.616. The molecule has 4 aromatic rings. The van der Waals surface area contributed by atoms with Crippen LogP contribution in [0.3, 0.4) is 0 Å². The van der Waals surface area contributed by atoms with E-state index >= 15 is 0 Å². The molecule has 0 spiro atoms. The smallest absolute Gasteiger partial charge is 0.259 e. The molecule has 0 fully saturated rings. The third-order valence-electron chi connectivity index (χ3n) is 4.25. The van der Waals surface area contributed by atoms with Gasteiger partial charge >= 0.3 is 0 Å². The topological polar surface area (TPSA) is 79.2 Å². The van der Waals surface area contributed by atoms with E-state index in [1.165, 1.54) is 0 Å². The predicted octanol–water partition coefficient (Wildman–Crippen LogP) is 2.70. The molecular formula is C19H18N6O. The number of carbonyl (C=O) groups is 1. The minimum atomic E-state index is -0.128. The van der Waals surface area contributed by atoms with Gasteiger partial charge in [0.25, 0.3) is 5.91 Å². The molecule has 0 unspecified atom stereocenters. The Morgan fingerprint density at radius 1 is 1.19 bits per heavy atom. The van der Waals surface area contributed by atoms with Crippen LogP contribution >= 0.6 is 0 Å². The number of rotatable bonds is 4. The van der Waals surface area contributed by atoms with Gasteiger partial charge in [0, 0.05) is 31.5 Å². The van der Waals surface area contributed by atoms with Gasteiger partial charge in [-0.05, 0) is 18.1 Å². The van der Waals surface area contributed by atoms with E-state index in [-0.39, 0.29) is 5.91 Å². The fourth-order valence-corrected chi connectivity index (χ4v) is 2.94. The normalized spacial score (nSPS) is 11.0. The summed E-state index contributed by atoms with van der Waals surface area (Å²) < 4.78 is 1.63. The van der Waals surface area contributed by atoms with E-state index in [9.17, 15) is 4.79 Å². The molecule has 3 heterocycles. The van der Waals surface area contributed by atoms with E-state index < -0.39 is 0 Å². The monoisotopic (exact) mass is 346 g/mol. The lowest BCUT2D eigenvalue weighted by Gasteiger charge is -2.16. The number of carbonyl (C=O) groups excluding carboxylic acids is 1. The summed E-state index contributed by atoms with van der Waals surface area (Å²) in [6, 6.07) is 9.94. The predicted molar refractivity (Wildman–Crippen MR) is 97.5 cm³/mol. The molecule has 26 heavy (non-hydrogen) atoms. The Bertz CT molecular complexity index is 1070. The lowest BCUT2D eigenvalue weighted by atomic mass is 10.1. The first kappa shape index (κ1) is 16.0. The second-order valence-corrected chi connectivity index (χ2v) is 6.26. The highest BCUT2D eigenvalue weighted by molar-refractivity contribution is 5.99. The number of H-pyrrole nitrogens is 1. The van der Waals surface area contributed by atoms with Gasteiger partial charge in [0.1, 0.15) is 5.56 Å². The molecule has 0 saturated heterocycles. The first-order valence-electron chi connectivity index (χ1n) is 8.26. The van der Waals surface area contributed by atoms with E-state index in [0.29, 0.717) is 17.8 Å².